The van der Waals surface area contributed by atoms with E-state index in [9.17, 15) is 29.8 Å². The number of nitro benzene ring substituents is 2. The van der Waals surface area contributed by atoms with Crippen LogP contribution in [0.15, 0.2) is 18.2 Å². The molecule has 0 heterocycles. The van der Waals surface area contributed by atoms with E-state index in [0.29, 0.717) is 6.07 Å². The van der Waals surface area contributed by atoms with Crippen LogP contribution in [-0.4, -0.2) is 27.7 Å². The highest BCUT2D eigenvalue weighted by molar-refractivity contribution is 6.08. The predicted molar refractivity (Wildman–Crippen MR) is 69.9 cm³/mol. The number of ketones is 1. The van der Waals surface area contributed by atoms with Gasteiger partial charge in [-0.3, -0.25) is 29.8 Å². The zero-order chi connectivity index (χ0) is 16.2. The number of nitrogens with zero attached hydrogens (tertiary/aromatic N) is 2. The molecule has 0 N–H and O–H groups in total. The minimum absolute atomic E-state index is 0.369. The molecule has 0 fully saturated rings. The molecule has 9 nitrogen and oxygen atoms in total. The predicted octanol–water partition coefficient (Wildman–Crippen LogP) is 2.03. The van der Waals surface area contributed by atoms with Gasteiger partial charge in [0.1, 0.15) is 6.42 Å². The molecule has 0 spiro atoms. The van der Waals surface area contributed by atoms with Crippen LogP contribution in [0.3, 0.4) is 0 Å². The van der Waals surface area contributed by atoms with Crippen LogP contribution in [-0.2, 0) is 9.53 Å². The first kappa shape index (κ1) is 16.2. The van der Waals surface area contributed by atoms with Crippen LogP contribution in [0, 0.1) is 20.2 Å². The van der Waals surface area contributed by atoms with Gasteiger partial charge >= 0.3 is 5.97 Å². The van der Waals surface area contributed by atoms with Crippen molar-refractivity contribution in [2.45, 2.75) is 26.4 Å². The summed E-state index contributed by atoms with van der Waals surface area (Å²) >= 11 is 0. The van der Waals surface area contributed by atoms with Crippen molar-refractivity contribution in [3.8, 4) is 0 Å². The molecule has 0 aromatic heterocycles. The van der Waals surface area contributed by atoms with Gasteiger partial charge in [-0.05, 0) is 19.9 Å². The monoisotopic (exact) mass is 296 g/mol. The third-order valence-electron chi connectivity index (χ3n) is 2.36. The van der Waals surface area contributed by atoms with Crippen molar-refractivity contribution < 1.29 is 24.2 Å². The Kier molecular flexibility index (Phi) is 5.06. The van der Waals surface area contributed by atoms with Crippen molar-refractivity contribution in [2.24, 2.45) is 0 Å². The van der Waals surface area contributed by atoms with Crippen molar-refractivity contribution in [2.75, 3.05) is 0 Å². The van der Waals surface area contributed by atoms with Crippen LogP contribution in [0.4, 0.5) is 11.4 Å². The molecule has 9 heteroatoms. The summed E-state index contributed by atoms with van der Waals surface area (Å²) in [6.45, 7) is 3.19. The first-order chi connectivity index (χ1) is 9.72. The van der Waals surface area contributed by atoms with Gasteiger partial charge in [0, 0.05) is 6.07 Å². The number of hydrogen-bond acceptors (Lipinski definition) is 7. The number of ether oxygens (including phenoxy) is 1. The highest BCUT2D eigenvalue weighted by Crippen LogP contribution is 2.25. The van der Waals surface area contributed by atoms with Gasteiger partial charge in [0.2, 0.25) is 0 Å². The number of rotatable bonds is 6. The molecule has 0 radical (unpaired) electrons. The van der Waals surface area contributed by atoms with E-state index in [1.54, 1.807) is 13.8 Å². The first-order valence-corrected chi connectivity index (χ1v) is 5.88. The van der Waals surface area contributed by atoms with Gasteiger partial charge in [-0.1, -0.05) is 0 Å². The topological polar surface area (TPSA) is 130 Å². The molecule has 112 valence electrons. The van der Waals surface area contributed by atoms with E-state index < -0.39 is 45.5 Å². The molecule has 0 aliphatic carbocycles. The van der Waals surface area contributed by atoms with Crippen LogP contribution < -0.4 is 0 Å². The molecule has 0 saturated carbocycles. The van der Waals surface area contributed by atoms with Gasteiger partial charge in [-0.25, -0.2) is 0 Å². The van der Waals surface area contributed by atoms with Crippen molar-refractivity contribution in [1.82, 2.24) is 0 Å². The second-order valence-corrected chi connectivity index (χ2v) is 4.35. The summed E-state index contributed by atoms with van der Waals surface area (Å²) in [7, 11) is 0. The van der Waals surface area contributed by atoms with Gasteiger partial charge in [-0.15, -0.1) is 0 Å². The molecule has 0 aliphatic rings. The standard InChI is InChI=1S/C12H12N2O7/c1-7(2)21-12(16)6-11(15)9-4-3-8(13(17)18)5-10(9)14(19)20/h3-5,7H,6H2,1-2H3. The highest BCUT2D eigenvalue weighted by Gasteiger charge is 2.25. The number of hydrogen-bond donors (Lipinski definition) is 0. The van der Waals surface area contributed by atoms with Crippen LogP contribution >= 0.6 is 0 Å². The molecule has 0 saturated heterocycles. The van der Waals surface area contributed by atoms with Crippen LogP contribution in [0.2, 0.25) is 0 Å². The van der Waals surface area contributed by atoms with E-state index in [1.165, 1.54) is 0 Å². The van der Waals surface area contributed by atoms with Gasteiger partial charge < -0.3 is 4.74 Å². The molecule has 0 unspecified atom stereocenters. The van der Waals surface area contributed by atoms with E-state index in [2.05, 4.69) is 0 Å². The van der Waals surface area contributed by atoms with E-state index >= 15 is 0 Å². The summed E-state index contributed by atoms with van der Waals surface area (Å²) in [6.07, 6.45) is -1.09. The van der Waals surface area contributed by atoms with Crippen molar-refractivity contribution in [3.63, 3.8) is 0 Å². The van der Waals surface area contributed by atoms with E-state index in [4.69, 9.17) is 4.74 Å². The van der Waals surface area contributed by atoms with Crippen molar-refractivity contribution in [3.05, 3.63) is 44.0 Å². The lowest BCUT2D eigenvalue weighted by Crippen LogP contribution is -2.16. The quantitative estimate of drug-likeness (QED) is 0.258. The molecule has 0 atom stereocenters. The minimum Gasteiger partial charge on any atom is -0.463 e. The fraction of sp³-hybridized carbons (Fsp3) is 0.333. The van der Waals surface area contributed by atoms with Gasteiger partial charge in [0.25, 0.3) is 11.4 Å². The van der Waals surface area contributed by atoms with Crippen molar-refractivity contribution >= 4 is 23.1 Å². The van der Waals surface area contributed by atoms with E-state index in [1.807, 2.05) is 0 Å². The van der Waals surface area contributed by atoms with Crippen LogP contribution in [0.5, 0.6) is 0 Å². The third kappa shape index (κ3) is 4.34. The smallest absolute Gasteiger partial charge is 0.313 e. The molecular weight excluding hydrogens is 284 g/mol. The lowest BCUT2D eigenvalue weighted by molar-refractivity contribution is -0.394. The number of non-ortho nitro benzene ring substituents is 1. The first-order valence-electron chi connectivity index (χ1n) is 5.88. The molecule has 0 bridgehead atoms. The number of nitro groups is 2. The maximum Gasteiger partial charge on any atom is 0.313 e. The summed E-state index contributed by atoms with van der Waals surface area (Å²) < 4.78 is 4.77. The third-order valence-corrected chi connectivity index (χ3v) is 2.36. The van der Waals surface area contributed by atoms with Crippen molar-refractivity contribution in [1.29, 1.82) is 0 Å². The summed E-state index contributed by atoms with van der Waals surface area (Å²) in [4.78, 5) is 43.0. The average molecular weight is 296 g/mol. The maximum atomic E-state index is 11.9. The number of Topliss-reactive ketones (excluding diaryl/α,β-unsaturated/α-hetero) is 1. The molecule has 0 aliphatic heterocycles. The Labute approximate surface area is 118 Å². The highest BCUT2D eigenvalue weighted by atomic mass is 16.6. The van der Waals surface area contributed by atoms with Gasteiger partial charge in [0.05, 0.1) is 27.6 Å². The molecule has 1 aromatic carbocycles. The molecule has 1 aromatic rings. The lowest BCUT2D eigenvalue weighted by Gasteiger charge is -2.07. The average Bonchev–Trinajstić information content (AvgIpc) is 2.36. The number of carbonyl (C=O) groups is 2. The number of esters is 1. The van der Waals surface area contributed by atoms with Crippen LogP contribution in [0.25, 0.3) is 0 Å². The number of carbonyl (C=O) groups excluding carboxylic acids is 2. The maximum absolute atomic E-state index is 11.9. The SMILES string of the molecule is CC(C)OC(=O)CC(=O)c1ccc([N+](=O)[O-])cc1[N+](=O)[O-]. The molecular formula is C12H12N2O7. The molecule has 1 rings (SSSR count). The Morgan fingerprint density at radius 2 is 1.81 bits per heavy atom. The normalized spacial score (nSPS) is 10.2. The Morgan fingerprint density at radius 3 is 2.29 bits per heavy atom. The minimum atomic E-state index is -0.909. The Bertz CT molecular complexity index is 610. The second-order valence-electron chi connectivity index (χ2n) is 4.35. The zero-order valence-electron chi connectivity index (χ0n) is 11.3. The Hall–Kier alpha value is -2.84. The van der Waals surface area contributed by atoms with Gasteiger partial charge in [0.15, 0.2) is 5.78 Å². The zero-order valence-corrected chi connectivity index (χ0v) is 11.3. The Morgan fingerprint density at radius 1 is 1.19 bits per heavy atom. The van der Waals surface area contributed by atoms with Crippen LogP contribution in [0.1, 0.15) is 30.6 Å². The largest absolute Gasteiger partial charge is 0.463 e. The lowest BCUT2D eigenvalue weighted by atomic mass is 10.1. The molecule has 0 amide bonds. The fourth-order valence-corrected chi connectivity index (χ4v) is 1.55. The summed E-state index contributed by atoms with van der Waals surface area (Å²) in [5.74, 6) is -1.65. The summed E-state index contributed by atoms with van der Waals surface area (Å²) in [5.41, 5.74) is -1.60. The summed E-state index contributed by atoms with van der Waals surface area (Å²) in [6, 6.07) is 2.61. The van der Waals surface area contributed by atoms with Gasteiger partial charge in [-0.2, -0.15) is 0 Å². The number of benzene rings is 1. The summed E-state index contributed by atoms with van der Waals surface area (Å²) in [5, 5.41) is 21.5. The fourth-order valence-electron chi connectivity index (χ4n) is 1.55. The van der Waals surface area contributed by atoms with E-state index in [0.717, 1.165) is 12.1 Å². The second kappa shape index (κ2) is 6.55. The molecule has 21 heavy (non-hydrogen) atoms. The van der Waals surface area contributed by atoms with E-state index in [-0.39, 0.29) is 5.56 Å². The Balaban J connectivity index is 3.06.